The Bertz CT molecular complexity index is 1210. The SMILES string of the molecule is O=C1/C(=C\c2coc3ccccc3c2=O)SC(=S)N1c1ccc(F)c(Cl)c1. The third-order valence-electron chi connectivity index (χ3n) is 3.95. The number of amides is 1. The Kier molecular flexibility index (Phi) is 4.59. The average molecular weight is 418 g/mol. The van der Waals surface area contributed by atoms with Gasteiger partial charge >= 0.3 is 0 Å². The molecule has 3 aromatic rings. The van der Waals surface area contributed by atoms with Crippen LogP contribution < -0.4 is 10.3 Å². The summed E-state index contributed by atoms with van der Waals surface area (Å²) >= 11 is 12.1. The highest BCUT2D eigenvalue weighted by Gasteiger charge is 2.33. The molecule has 134 valence electrons. The number of thiocarbonyl (C=S) groups is 1. The summed E-state index contributed by atoms with van der Waals surface area (Å²) in [6.07, 6.45) is 2.76. The van der Waals surface area contributed by atoms with Crippen molar-refractivity contribution in [3.8, 4) is 0 Å². The normalized spacial score (nSPS) is 15.9. The Morgan fingerprint density at radius 3 is 2.74 bits per heavy atom. The van der Waals surface area contributed by atoms with Crippen LogP contribution in [-0.4, -0.2) is 10.2 Å². The van der Waals surface area contributed by atoms with E-state index in [1.54, 1.807) is 24.3 Å². The molecule has 27 heavy (non-hydrogen) atoms. The third-order valence-corrected chi connectivity index (χ3v) is 5.54. The van der Waals surface area contributed by atoms with Crippen molar-refractivity contribution in [1.29, 1.82) is 0 Å². The van der Waals surface area contributed by atoms with Crippen LogP contribution in [0.5, 0.6) is 0 Å². The lowest BCUT2D eigenvalue weighted by Gasteiger charge is -2.14. The second-order valence-electron chi connectivity index (χ2n) is 5.63. The van der Waals surface area contributed by atoms with Gasteiger partial charge in [-0.1, -0.05) is 47.7 Å². The smallest absolute Gasteiger partial charge is 0.270 e. The predicted octanol–water partition coefficient (Wildman–Crippen LogP) is 4.99. The van der Waals surface area contributed by atoms with Crippen LogP contribution in [-0.2, 0) is 4.79 Å². The van der Waals surface area contributed by atoms with Crippen molar-refractivity contribution >= 4 is 68.5 Å². The van der Waals surface area contributed by atoms with Gasteiger partial charge in [0.05, 0.1) is 26.6 Å². The topological polar surface area (TPSA) is 50.5 Å². The second kappa shape index (κ2) is 6.92. The number of rotatable bonds is 2. The van der Waals surface area contributed by atoms with Crippen molar-refractivity contribution in [2.45, 2.75) is 0 Å². The van der Waals surface area contributed by atoms with Crippen molar-refractivity contribution in [2.24, 2.45) is 0 Å². The van der Waals surface area contributed by atoms with Crippen LogP contribution in [0.2, 0.25) is 5.02 Å². The number of carbonyl (C=O) groups is 1. The lowest BCUT2D eigenvalue weighted by molar-refractivity contribution is -0.113. The number of halogens is 2. The molecule has 0 radical (unpaired) electrons. The van der Waals surface area contributed by atoms with Gasteiger partial charge in [-0.05, 0) is 36.4 Å². The first kappa shape index (κ1) is 17.9. The van der Waals surface area contributed by atoms with E-state index in [0.717, 1.165) is 17.8 Å². The van der Waals surface area contributed by atoms with Gasteiger partial charge in [0.1, 0.15) is 17.7 Å². The summed E-state index contributed by atoms with van der Waals surface area (Å²) < 4.78 is 19.1. The largest absolute Gasteiger partial charge is 0.463 e. The molecule has 0 atom stereocenters. The molecular formula is C19H9ClFNO3S2. The van der Waals surface area contributed by atoms with Crippen LogP contribution in [0.1, 0.15) is 5.56 Å². The van der Waals surface area contributed by atoms with E-state index in [1.165, 1.54) is 29.4 Å². The Morgan fingerprint density at radius 2 is 1.96 bits per heavy atom. The lowest BCUT2D eigenvalue weighted by atomic mass is 10.1. The summed E-state index contributed by atoms with van der Waals surface area (Å²) in [5.41, 5.74) is 0.823. The quantitative estimate of drug-likeness (QED) is 0.434. The molecule has 1 saturated heterocycles. The predicted molar refractivity (Wildman–Crippen MR) is 110 cm³/mol. The minimum absolute atomic E-state index is 0.110. The number of carbonyl (C=O) groups excluding carboxylic acids is 1. The van der Waals surface area contributed by atoms with Crippen LogP contribution in [0.3, 0.4) is 0 Å². The highest BCUT2D eigenvalue weighted by Crippen LogP contribution is 2.37. The van der Waals surface area contributed by atoms with E-state index in [9.17, 15) is 14.0 Å². The van der Waals surface area contributed by atoms with Gasteiger partial charge in [-0.3, -0.25) is 14.5 Å². The van der Waals surface area contributed by atoms with Gasteiger partial charge < -0.3 is 4.42 Å². The Morgan fingerprint density at radius 1 is 1.19 bits per heavy atom. The molecule has 1 aliphatic heterocycles. The van der Waals surface area contributed by atoms with Gasteiger partial charge in [-0.25, -0.2) is 4.39 Å². The zero-order chi connectivity index (χ0) is 19.1. The zero-order valence-electron chi connectivity index (χ0n) is 13.4. The molecule has 4 rings (SSSR count). The molecule has 0 spiro atoms. The van der Waals surface area contributed by atoms with Crippen LogP contribution >= 0.6 is 35.6 Å². The summed E-state index contributed by atoms with van der Waals surface area (Å²) in [5.74, 6) is -1.00. The molecule has 1 fully saturated rings. The first-order valence-electron chi connectivity index (χ1n) is 7.69. The van der Waals surface area contributed by atoms with Gasteiger partial charge in [-0.15, -0.1) is 0 Å². The molecule has 8 heteroatoms. The number of thioether (sulfide) groups is 1. The van der Waals surface area contributed by atoms with E-state index in [4.69, 9.17) is 28.2 Å². The van der Waals surface area contributed by atoms with E-state index in [2.05, 4.69) is 0 Å². The molecule has 2 aromatic carbocycles. The fraction of sp³-hybridized carbons (Fsp3) is 0. The van der Waals surface area contributed by atoms with Gasteiger partial charge in [0.2, 0.25) is 0 Å². The molecule has 0 bridgehead atoms. The summed E-state index contributed by atoms with van der Waals surface area (Å²) in [6, 6.07) is 10.8. The molecule has 2 heterocycles. The lowest BCUT2D eigenvalue weighted by Crippen LogP contribution is -2.27. The maximum Gasteiger partial charge on any atom is 0.270 e. The fourth-order valence-electron chi connectivity index (χ4n) is 2.65. The first-order chi connectivity index (χ1) is 13.0. The van der Waals surface area contributed by atoms with E-state index < -0.39 is 11.7 Å². The Hall–Kier alpha value is -2.48. The highest BCUT2D eigenvalue weighted by molar-refractivity contribution is 8.27. The molecule has 0 unspecified atom stereocenters. The molecular weight excluding hydrogens is 409 g/mol. The third kappa shape index (κ3) is 3.18. The molecule has 0 saturated carbocycles. The Labute approximate surface area is 167 Å². The van der Waals surface area contributed by atoms with Crippen LogP contribution in [0.4, 0.5) is 10.1 Å². The standard InChI is InChI=1S/C19H9ClFNO3S2/c20-13-8-11(5-6-14(13)21)22-18(24)16(27-19(22)26)7-10-9-25-15-4-2-1-3-12(15)17(10)23/h1-9H/b16-7+. The molecule has 0 aliphatic carbocycles. The van der Waals surface area contributed by atoms with Gasteiger partial charge in [-0.2, -0.15) is 0 Å². The second-order valence-corrected chi connectivity index (χ2v) is 7.71. The van der Waals surface area contributed by atoms with Gasteiger partial charge in [0.25, 0.3) is 5.91 Å². The van der Waals surface area contributed by atoms with Crippen LogP contribution in [0.25, 0.3) is 17.0 Å². The number of hydrogen-bond donors (Lipinski definition) is 0. The van der Waals surface area contributed by atoms with Crippen molar-refractivity contribution in [3.05, 3.63) is 80.3 Å². The number of hydrogen-bond acceptors (Lipinski definition) is 5. The average Bonchev–Trinajstić information content (AvgIpc) is 2.93. The number of nitrogens with zero attached hydrogens (tertiary/aromatic N) is 1. The van der Waals surface area contributed by atoms with Gasteiger partial charge in [0.15, 0.2) is 9.75 Å². The Balaban J connectivity index is 1.74. The summed E-state index contributed by atoms with van der Waals surface area (Å²) in [5, 5.41) is 0.313. The molecule has 1 amide bonds. The number of para-hydroxylation sites is 1. The maximum absolute atomic E-state index is 13.4. The van der Waals surface area contributed by atoms with Crippen molar-refractivity contribution in [1.82, 2.24) is 0 Å². The van der Waals surface area contributed by atoms with E-state index in [0.29, 0.717) is 16.7 Å². The van der Waals surface area contributed by atoms with Crippen molar-refractivity contribution in [2.75, 3.05) is 4.90 Å². The molecule has 0 N–H and O–H groups in total. The van der Waals surface area contributed by atoms with Crippen molar-refractivity contribution in [3.63, 3.8) is 0 Å². The maximum atomic E-state index is 13.4. The first-order valence-corrected chi connectivity index (χ1v) is 9.29. The minimum atomic E-state index is -0.588. The minimum Gasteiger partial charge on any atom is -0.463 e. The molecule has 1 aromatic heterocycles. The zero-order valence-corrected chi connectivity index (χ0v) is 15.8. The van der Waals surface area contributed by atoms with Crippen molar-refractivity contribution < 1.29 is 13.6 Å². The van der Waals surface area contributed by atoms with E-state index >= 15 is 0 Å². The molecule has 1 aliphatic rings. The van der Waals surface area contributed by atoms with Gasteiger partial charge in [0, 0.05) is 0 Å². The number of benzene rings is 2. The summed E-state index contributed by atoms with van der Waals surface area (Å²) in [6.45, 7) is 0. The van der Waals surface area contributed by atoms with E-state index in [1.807, 2.05) is 0 Å². The highest BCUT2D eigenvalue weighted by atomic mass is 35.5. The number of anilines is 1. The monoisotopic (exact) mass is 417 g/mol. The number of fused-ring (bicyclic) bond motifs is 1. The molecule has 4 nitrogen and oxygen atoms in total. The summed E-state index contributed by atoms with van der Waals surface area (Å²) in [4.78, 5) is 26.9. The van der Waals surface area contributed by atoms with Crippen LogP contribution in [0, 0.1) is 5.82 Å². The van der Waals surface area contributed by atoms with E-state index in [-0.39, 0.29) is 25.2 Å². The van der Waals surface area contributed by atoms with Crippen LogP contribution in [0.15, 0.2) is 62.8 Å². The summed E-state index contributed by atoms with van der Waals surface area (Å²) in [7, 11) is 0. The fourth-order valence-corrected chi connectivity index (χ4v) is 4.11.